The lowest BCUT2D eigenvalue weighted by Crippen LogP contribution is -2.28. The fourth-order valence-electron chi connectivity index (χ4n) is 2.17. The molecule has 0 saturated heterocycles. The molecule has 0 radical (unpaired) electrons. The fraction of sp³-hybridized carbons (Fsp3) is 0.333. The van der Waals surface area contributed by atoms with Crippen LogP contribution in [0.5, 0.6) is 5.75 Å². The molecule has 0 fully saturated rings. The Kier molecular flexibility index (Phi) is 3.49. The average Bonchev–Trinajstić information content (AvgIpc) is 2.66. The van der Waals surface area contributed by atoms with Gasteiger partial charge in [-0.15, -0.1) is 0 Å². The number of halogens is 2. The predicted molar refractivity (Wildman–Crippen MR) is 68.2 cm³/mol. The van der Waals surface area contributed by atoms with Crippen LogP contribution in [-0.2, 0) is 10.0 Å². The summed E-state index contributed by atoms with van der Waals surface area (Å²) in [6.07, 6.45) is -0.00310. The molecule has 1 aromatic rings. The monoisotopic (exact) mass is 289 g/mol. The molecule has 2 rings (SSSR count). The van der Waals surface area contributed by atoms with Crippen molar-refractivity contribution in [2.75, 3.05) is 24.2 Å². The van der Waals surface area contributed by atoms with E-state index in [1.165, 1.54) is 7.11 Å². The minimum atomic E-state index is -3.49. The second-order valence-corrected chi connectivity index (χ2v) is 6.19. The summed E-state index contributed by atoms with van der Waals surface area (Å²) < 4.78 is 54.4. The summed E-state index contributed by atoms with van der Waals surface area (Å²) in [5.74, 6) is -0.156. The predicted octanol–water partition coefficient (Wildman–Crippen LogP) is 2.34. The Labute approximate surface area is 110 Å². The highest BCUT2D eigenvalue weighted by molar-refractivity contribution is 7.92. The third kappa shape index (κ3) is 2.70. The first-order valence-electron chi connectivity index (χ1n) is 5.51. The van der Waals surface area contributed by atoms with Crippen LogP contribution in [0, 0.1) is 0 Å². The second kappa shape index (κ2) is 4.80. The number of sulfonamides is 1. The Balaban J connectivity index is 2.55. The number of ether oxygens (including phenoxy) is 1. The van der Waals surface area contributed by atoms with Gasteiger partial charge in [0.1, 0.15) is 5.75 Å². The number of benzene rings is 1. The number of methoxy groups -OCH3 is 1. The van der Waals surface area contributed by atoms with Crippen LogP contribution in [0.3, 0.4) is 0 Å². The van der Waals surface area contributed by atoms with Crippen LogP contribution in [-0.4, -0.2) is 28.3 Å². The van der Waals surface area contributed by atoms with E-state index in [1.807, 2.05) is 0 Å². The van der Waals surface area contributed by atoms with Crippen molar-refractivity contribution in [2.24, 2.45) is 0 Å². The summed E-state index contributed by atoms with van der Waals surface area (Å²) in [5, 5.41) is 0. The zero-order valence-electron chi connectivity index (χ0n) is 10.4. The Hall–Kier alpha value is -1.63. The number of rotatable bonds is 3. The van der Waals surface area contributed by atoms with Crippen molar-refractivity contribution in [1.82, 2.24) is 0 Å². The molecule has 0 N–H and O–H groups in total. The van der Waals surface area contributed by atoms with Gasteiger partial charge in [0.2, 0.25) is 10.0 Å². The summed E-state index contributed by atoms with van der Waals surface area (Å²) in [6, 6.07) is 4.76. The van der Waals surface area contributed by atoms with Crippen molar-refractivity contribution in [3.8, 4) is 5.75 Å². The maximum Gasteiger partial charge on any atom is 0.267 e. The van der Waals surface area contributed by atoms with Gasteiger partial charge >= 0.3 is 0 Å². The lowest BCUT2D eigenvalue weighted by Gasteiger charge is -2.16. The van der Waals surface area contributed by atoms with Crippen LogP contribution < -0.4 is 9.04 Å². The van der Waals surface area contributed by atoms with E-state index in [4.69, 9.17) is 4.74 Å². The Morgan fingerprint density at radius 3 is 2.68 bits per heavy atom. The molecule has 1 heterocycles. The summed E-state index contributed by atoms with van der Waals surface area (Å²) in [7, 11) is -2.02. The molecule has 0 aromatic heterocycles. The van der Waals surface area contributed by atoms with Gasteiger partial charge in [0, 0.05) is 12.5 Å². The largest absolute Gasteiger partial charge is 0.497 e. The minimum absolute atomic E-state index is 0.0152. The van der Waals surface area contributed by atoms with E-state index < -0.39 is 22.0 Å². The number of anilines is 1. The van der Waals surface area contributed by atoms with E-state index in [-0.39, 0.29) is 6.54 Å². The highest BCUT2D eigenvalue weighted by Crippen LogP contribution is 2.41. The first kappa shape index (κ1) is 13.8. The molecule has 1 atom stereocenters. The molecule has 1 aromatic carbocycles. The van der Waals surface area contributed by atoms with Crippen molar-refractivity contribution < 1.29 is 21.9 Å². The molecule has 1 aliphatic heterocycles. The third-order valence-electron chi connectivity index (χ3n) is 2.99. The van der Waals surface area contributed by atoms with Gasteiger partial charge in [-0.2, -0.15) is 8.78 Å². The van der Waals surface area contributed by atoms with Crippen LogP contribution in [0.4, 0.5) is 14.5 Å². The molecular formula is C12H13F2NO3S. The molecule has 0 aliphatic carbocycles. The van der Waals surface area contributed by atoms with Crippen molar-refractivity contribution in [1.29, 1.82) is 0 Å². The van der Waals surface area contributed by atoms with Crippen molar-refractivity contribution in [2.45, 2.75) is 5.92 Å². The molecule has 1 aliphatic rings. The van der Waals surface area contributed by atoms with E-state index in [0.29, 0.717) is 17.0 Å². The molecule has 0 saturated carbocycles. The molecular weight excluding hydrogens is 276 g/mol. The highest BCUT2D eigenvalue weighted by Gasteiger charge is 2.33. The lowest BCUT2D eigenvalue weighted by atomic mass is 10.0. The van der Waals surface area contributed by atoms with Crippen molar-refractivity contribution in [3.05, 3.63) is 35.9 Å². The average molecular weight is 289 g/mol. The van der Waals surface area contributed by atoms with Crippen LogP contribution in [0.25, 0.3) is 0 Å². The third-order valence-corrected chi connectivity index (χ3v) is 4.14. The Bertz CT molecular complexity index is 624. The number of hydrogen-bond acceptors (Lipinski definition) is 3. The topological polar surface area (TPSA) is 46.6 Å². The van der Waals surface area contributed by atoms with Gasteiger partial charge in [-0.25, -0.2) is 8.42 Å². The number of fused-ring (bicyclic) bond motifs is 1. The summed E-state index contributed by atoms with van der Waals surface area (Å²) in [5.41, 5.74) is 0.948. The second-order valence-electron chi connectivity index (χ2n) is 4.28. The summed E-state index contributed by atoms with van der Waals surface area (Å²) in [6.45, 7) is -0.0152. The molecule has 104 valence electrons. The van der Waals surface area contributed by atoms with Crippen LogP contribution >= 0.6 is 0 Å². The van der Waals surface area contributed by atoms with E-state index >= 15 is 0 Å². The Morgan fingerprint density at radius 1 is 1.47 bits per heavy atom. The van der Waals surface area contributed by atoms with Crippen LogP contribution in [0.1, 0.15) is 11.5 Å². The van der Waals surface area contributed by atoms with Gasteiger partial charge in [-0.1, -0.05) is 0 Å². The maximum atomic E-state index is 12.4. The van der Waals surface area contributed by atoms with Gasteiger partial charge in [-0.3, -0.25) is 4.31 Å². The van der Waals surface area contributed by atoms with E-state index in [1.54, 1.807) is 18.2 Å². The molecule has 4 nitrogen and oxygen atoms in total. The molecule has 0 bridgehead atoms. The van der Waals surface area contributed by atoms with Gasteiger partial charge in [0.25, 0.3) is 6.08 Å². The zero-order chi connectivity index (χ0) is 14.2. The first-order valence-corrected chi connectivity index (χ1v) is 7.36. The van der Waals surface area contributed by atoms with E-state index in [2.05, 4.69) is 0 Å². The lowest BCUT2D eigenvalue weighted by molar-refractivity contribution is 0.412. The smallest absolute Gasteiger partial charge is 0.267 e. The number of nitrogens with zero attached hydrogens (tertiary/aromatic N) is 1. The van der Waals surface area contributed by atoms with Crippen molar-refractivity contribution in [3.63, 3.8) is 0 Å². The highest BCUT2D eigenvalue weighted by atomic mass is 32.2. The Morgan fingerprint density at radius 2 is 2.16 bits per heavy atom. The SMILES string of the molecule is COc1ccc2c(c1)[C@@H](C=C(F)F)CN2S(C)(=O)=O. The maximum absolute atomic E-state index is 12.4. The quantitative estimate of drug-likeness (QED) is 0.858. The van der Waals surface area contributed by atoms with Gasteiger partial charge in [-0.05, 0) is 29.8 Å². The van der Waals surface area contributed by atoms with Crippen LogP contribution in [0.15, 0.2) is 30.4 Å². The van der Waals surface area contributed by atoms with Crippen LogP contribution in [0.2, 0.25) is 0 Å². The van der Waals surface area contributed by atoms with E-state index in [0.717, 1.165) is 16.6 Å². The minimum Gasteiger partial charge on any atom is -0.497 e. The fourth-order valence-corrected chi connectivity index (χ4v) is 3.12. The van der Waals surface area contributed by atoms with Crippen molar-refractivity contribution >= 4 is 15.7 Å². The standard InChI is InChI=1S/C12H13F2NO3S/c1-18-9-3-4-11-10(6-9)8(5-12(13)14)7-15(11)19(2,16)17/h3-6,8H,7H2,1-2H3/t8-/m0/s1. The van der Waals surface area contributed by atoms with Gasteiger partial charge in [0.05, 0.1) is 19.1 Å². The molecule has 19 heavy (non-hydrogen) atoms. The normalized spacial score (nSPS) is 18.1. The molecule has 7 heteroatoms. The summed E-state index contributed by atoms with van der Waals surface area (Å²) >= 11 is 0. The molecule has 0 amide bonds. The first-order chi connectivity index (χ1) is 8.82. The zero-order valence-corrected chi connectivity index (χ0v) is 11.2. The molecule has 0 spiro atoms. The van der Waals surface area contributed by atoms with E-state index in [9.17, 15) is 17.2 Å². The molecule has 0 unspecified atom stereocenters. The summed E-state index contributed by atoms with van der Waals surface area (Å²) in [4.78, 5) is 0. The number of hydrogen-bond donors (Lipinski definition) is 0. The van der Waals surface area contributed by atoms with Gasteiger partial charge in [0.15, 0.2) is 0 Å². The van der Waals surface area contributed by atoms with Gasteiger partial charge < -0.3 is 4.74 Å².